The SMILES string of the molecule is CCCCOc1ccc(/C=C/C(=O)Nc2nc(-c3ccc(OC(C)C)cc3)cs2)cc1. The Kier molecular flexibility index (Phi) is 8.24. The van der Waals surface area contributed by atoms with Crippen LogP contribution in [-0.2, 0) is 4.79 Å². The van der Waals surface area contributed by atoms with Gasteiger partial charge in [0.15, 0.2) is 5.13 Å². The molecule has 0 saturated carbocycles. The Bertz CT molecular complexity index is 992. The third-order valence-electron chi connectivity index (χ3n) is 4.33. The van der Waals surface area contributed by atoms with Crippen molar-refractivity contribution < 1.29 is 14.3 Å². The van der Waals surface area contributed by atoms with Crippen molar-refractivity contribution in [3.8, 4) is 22.8 Å². The molecule has 1 N–H and O–H groups in total. The largest absolute Gasteiger partial charge is 0.494 e. The van der Waals surface area contributed by atoms with E-state index in [1.165, 1.54) is 17.4 Å². The number of amides is 1. The van der Waals surface area contributed by atoms with Crippen LogP contribution in [0.2, 0.25) is 0 Å². The van der Waals surface area contributed by atoms with Gasteiger partial charge in [-0.1, -0.05) is 25.5 Å². The van der Waals surface area contributed by atoms with Gasteiger partial charge in [0.2, 0.25) is 5.91 Å². The maximum absolute atomic E-state index is 12.2. The van der Waals surface area contributed by atoms with Crippen molar-refractivity contribution >= 4 is 28.5 Å². The molecule has 1 heterocycles. The first-order chi connectivity index (χ1) is 15.0. The normalized spacial score (nSPS) is 11.1. The number of ether oxygens (including phenoxy) is 2. The molecule has 162 valence electrons. The van der Waals surface area contributed by atoms with E-state index in [0.29, 0.717) is 5.13 Å². The van der Waals surface area contributed by atoms with Gasteiger partial charge >= 0.3 is 0 Å². The van der Waals surface area contributed by atoms with E-state index in [9.17, 15) is 4.79 Å². The maximum Gasteiger partial charge on any atom is 0.250 e. The fourth-order valence-corrected chi connectivity index (χ4v) is 3.49. The van der Waals surface area contributed by atoms with Crippen molar-refractivity contribution in [2.24, 2.45) is 0 Å². The summed E-state index contributed by atoms with van der Waals surface area (Å²) in [6.45, 7) is 6.85. The van der Waals surface area contributed by atoms with E-state index in [0.717, 1.165) is 47.8 Å². The predicted molar refractivity (Wildman–Crippen MR) is 128 cm³/mol. The zero-order valence-electron chi connectivity index (χ0n) is 18.1. The van der Waals surface area contributed by atoms with E-state index >= 15 is 0 Å². The van der Waals surface area contributed by atoms with Crippen LogP contribution in [0.4, 0.5) is 5.13 Å². The number of thiazole rings is 1. The summed E-state index contributed by atoms with van der Waals surface area (Å²) < 4.78 is 11.3. The molecule has 0 unspecified atom stereocenters. The topological polar surface area (TPSA) is 60.5 Å². The van der Waals surface area contributed by atoms with Crippen LogP contribution in [0, 0.1) is 0 Å². The van der Waals surface area contributed by atoms with E-state index in [1.54, 1.807) is 6.08 Å². The molecule has 0 spiro atoms. The minimum absolute atomic E-state index is 0.136. The molecule has 3 rings (SSSR count). The first kappa shape index (κ1) is 22.6. The Hall–Kier alpha value is -3.12. The Balaban J connectivity index is 1.53. The highest BCUT2D eigenvalue weighted by Gasteiger charge is 2.07. The van der Waals surface area contributed by atoms with E-state index in [4.69, 9.17) is 9.47 Å². The lowest BCUT2D eigenvalue weighted by Crippen LogP contribution is -2.07. The van der Waals surface area contributed by atoms with Gasteiger partial charge in [-0.2, -0.15) is 0 Å². The van der Waals surface area contributed by atoms with Crippen LogP contribution in [0.15, 0.2) is 60.0 Å². The fraction of sp³-hybridized carbons (Fsp3) is 0.280. The first-order valence-corrected chi connectivity index (χ1v) is 11.4. The molecule has 2 aromatic carbocycles. The van der Waals surface area contributed by atoms with Crippen LogP contribution in [-0.4, -0.2) is 23.6 Å². The molecule has 0 atom stereocenters. The molecule has 5 nitrogen and oxygen atoms in total. The van der Waals surface area contributed by atoms with Crippen molar-refractivity contribution in [1.82, 2.24) is 4.98 Å². The number of nitrogens with one attached hydrogen (secondary N) is 1. The number of hydrogen-bond donors (Lipinski definition) is 1. The van der Waals surface area contributed by atoms with Crippen LogP contribution in [0.3, 0.4) is 0 Å². The highest BCUT2D eigenvalue weighted by atomic mass is 32.1. The van der Waals surface area contributed by atoms with Crippen molar-refractivity contribution in [3.05, 3.63) is 65.6 Å². The Morgan fingerprint density at radius 3 is 2.48 bits per heavy atom. The zero-order chi connectivity index (χ0) is 22.1. The zero-order valence-corrected chi connectivity index (χ0v) is 18.9. The molecule has 0 aliphatic heterocycles. The summed E-state index contributed by atoms with van der Waals surface area (Å²) in [5.74, 6) is 1.45. The highest BCUT2D eigenvalue weighted by molar-refractivity contribution is 7.14. The van der Waals surface area contributed by atoms with Gasteiger partial charge in [-0.25, -0.2) is 4.98 Å². The van der Waals surface area contributed by atoms with Crippen LogP contribution >= 0.6 is 11.3 Å². The monoisotopic (exact) mass is 436 g/mol. The molecule has 1 amide bonds. The van der Waals surface area contributed by atoms with Crippen molar-refractivity contribution in [3.63, 3.8) is 0 Å². The van der Waals surface area contributed by atoms with Crippen LogP contribution in [0.25, 0.3) is 17.3 Å². The lowest BCUT2D eigenvalue weighted by atomic mass is 10.2. The number of rotatable bonds is 10. The first-order valence-electron chi connectivity index (χ1n) is 10.5. The third-order valence-corrected chi connectivity index (χ3v) is 5.09. The quantitative estimate of drug-likeness (QED) is 0.294. The van der Waals surface area contributed by atoms with E-state index < -0.39 is 0 Å². The van der Waals surface area contributed by atoms with Gasteiger partial charge in [0.25, 0.3) is 0 Å². The lowest BCUT2D eigenvalue weighted by molar-refractivity contribution is -0.111. The molecule has 0 saturated heterocycles. The number of hydrogen-bond acceptors (Lipinski definition) is 5. The van der Waals surface area contributed by atoms with Gasteiger partial charge < -0.3 is 9.47 Å². The molecule has 31 heavy (non-hydrogen) atoms. The van der Waals surface area contributed by atoms with Gasteiger partial charge in [-0.15, -0.1) is 11.3 Å². The van der Waals surface area contributed by atoms with Crippen molar-refractivity contribution in [2.45, 2.75) is 39.7 Å². The number of carbonyl (C=O) groups is 1. The summed E-state index contributed by atoms with van der Waals surface area (Å²) in [4.78, 5) is 16.8. The highest BCUT2D eigenvalue weighted by Crippen LogP contribution is 2.27. The molecule has 0 aliphatic carbocycles. The minimum atomic E-state index is -0.218. The summed E-state index contributed by atoms with van der Waals surface area (Å²) in [5.41, 5.74) is 2.73. The minimum Gasteiger partial charge on any atom is -0.494 e. The third kappa shape index (κ3) is 7.26. The molecule has 0 aliphatic rings. The molecule has 0 radical (unpaired) electrons. The second-order valence-corrected chi connectivity index (χ2v) is 8.18. The number of aromatic nitrogens is 1. The maximum atomic E-state index is 12.2. The molecular weight excluding hydrogens is 408 g/mol. The second kappa shape index (κ2) is 11.3. The fourth-order valence-electron chi connectivity index (χ4n) is 2.77. The number of anilines is 1. The summed E-state index contributed by atoms with van der Waals surface area (Å²) in [5, 5.41) is 5.31. The Morgan fingerprint density at radius 1 is 1.10 bits per heavy atom. The number of benzene rings is 2. The molecule has 3 aromatic rings. The Morgan fingerprint density at radius 2 is 1.81 bits per heavy atom. The number of nitrogens with zero attached hydrogens (tertiary/aromatic N) is 1. The number of unbranched alkanes of at least 4 members (excludes halogenated alkanes) is 1. The molecule has 6 heteroatoms. The molecule has 0 bridgehead atoms. The van der Waals surface area contributed by atoms with Crippen LogP contribution in [0.5, 0.6) is 11.5 Å². The summed E-state index contributed by atoms with van der Waals surface area (Å²) >= 11 is 1.40. The van der Waals surface area contributed by atoms with Gasteiger partial charge in [0.1, 0.15) is 11.5 Å². The standard InChI is InChI=1S/C25H28N2O3S/c1-4-5-16-29-21-11-6-19(7-12-21)8-15-24(28)27-25-26-23(17-31-25)20-9-13-22(14-10-20)30-18(2)3/h6-15,17-18H,4-5,16H2,1-3H3,(H,26,27,28)/b15-8+. The number of carbonyl (C=O) groups excluding carboxylic acids is 1. The summed E-state index contributed by atoms with van der Waals surface area (Å²) in [6.07, 6.45) is 5.56. The second-order valence-electron chi connectivity index (χ2n) is 7.32. The van der Waals surface area contributed by atoms with Crippen LogP contribution < -0.4 is 14.8 Å². The average molecular weight is 437 g/mol. The Labute approximate surface area is 187 Å². The van der Waals surface area contributed by atoms with E-state index in [-0.39, 0.29) is 12.0 Å². The van der Waals surface area contributed by atoms with Gasteiger partial charge in [-0.3, -0.25) is 10.1 Å². The smallest absolute Gasteiger partial charge is 0.250 e. The van der Waals surface area contributed by atoms with Gasteiger partial charge in [-0.05, 0) is 68.3 Å². The predicted octanol–water partition coefficient (Wildman–Crippen LogP) is 6.43. The van der Waals surface area contributed by atoms with Crippen molar-refractivity contribution in [1.29, 1.82) is 0 Å². The van der Waals surface area contributed by atoms with Gasteiger partial charge in [0.05, 0.1) is 18.4 Å². The average Bonchev–Trinajstić information content (AvgIpc) is 3.22. The molecular formula is C25H28N2O3S. The lowest BCUT2D eigenvalue weighted by Gasteiger charge is -2.09. The van der Waals surface area contributed by atoms with E-state index in [2.05, 4.69) is 17.2 Å². The van der Waals surface area contributed by atoms with Crippen LogP contribution in [0.1, 0.15) is 39.2 Å². The summed E-state index contributed by atoms with van der Waals surface area (Å²) in [7, 11) is 0. The van der Waals surface area contributed by atoms with Crippen molar-refractivity contribution in [2.75, 3.05) is 11.9 Å². The van der Waals surface area contributed by atoms with E-state index in [1.807, 2.05) is 67.8 Å². The molecule has 0 fully saturated rings. The summed E-state index contributed by atoms with van der Waals surface area (Å²) in [6, 6.07) is 15.5. The van der Waals surface area contributed by atoms with Gasteiger partial charge in [0, 0.05) is 17.0 Å². The molecule has 1 aromatic heterocycles.